The van der Waals surface area contributed by atoms with Crippen LogP contribution in [0.2, 0.25) is 0 Å². The summed E-state index contributed by atoms with van der Waals surface area (Å²) in [5.41, 5.74) is 2.59. The van der Waals surface area contributed by atoms with Gasteiger partial charge in [-0.1, -0.05) is 28.1 Å². The normalized spacial score (nSPS) is 11.3. The first-order chi connectivity index (χ1) is 10.1. The number of hydrogen-bond donors (Lipinski definition) is 2. The first-order valence-corrected chi connectivity index (χ1v) is 7.33. The minimum absolute atomic E-state index is 0.414. The van der Waals surface area contributed by atoms with Gasteiger partial charge in [-0.05, 0) is 42.9 Å². The van der Waals surface area contributed by atoms with E-state index in [9.17, 15) is 0 Å². The Hall–Kier alpha value is -2.06. The molecule has 6 nitrogen and oxygen atoms in total. The van der Waals surface area contributed by atoms with Gasteiger partial charge in [-0.25, -0.2) is 5.10 Å². The Labute approximate surface area is 134 Å². The summed E-state index contributed by atoms with van der Waals surface area (Å²) in [6, 6.07) is 9.70. The number of benzene rings is 1. The molecule has 21 heavy (non-hydrogen) atoms. The van der Waals surface area contributed by atoms with E-state index in [0.717, 1.165) is 15.7 Å². The van der Waals surface area contributed by atoms with E-state index in [2.05, 4.69) is 41.4 Å². The summed E-state index contributed by atoms with van der Waals surface area (Å²) in [5.74, 6) is 0.565. The Morgan fingerprint density at radius 3 is 2.86 bits per heavy atom. The van der Waals surface area contributed by atoms with Crippen molar-refractivity contribution < 1.29 is 0 Å². The molecule has 3 rings (SSSR count). The molecule has 2 heterocycles. The van der Waals surface area contributed by atoms with E-state index in [4.69, 9.17) is 12.2 Å². The van der Waals surface area contributed by atoms with Crippen LogP contribution in [0.25, 0.3) is 11.5 Å². The van der Waals surface area contributed by atoms with Crippen molar-refractivity contribution in [2.75, 3.05) is 0 Å². The fraction of sp³-hybridized carbons (Fsp3) is 0.0769. The molecule has 0 aliphatic rings. The van der Waals surface area contributed by atoms with Gasteiger partial charge < -0.3 is 0 Å². The van der Waals surface area contributed by atoms with Crippen molar-refractivity contribution in [1.82, 2.24) is 25.1 Å². The maximum Gasteiger partial charge on any atom is 0.216 e. The lowest BCUT2D eigenvalue weighted by molar-refractivity contribution is 0.865. The fourth-order valence-electron chi connectivity index (χ4n) is 1.81. The molecule has 0 bridgehead atoms. The Morgan fingerprint density at radius 2 is 2.14 bits per heavy atom. The van der Waals surface area contributed by atoms with Crippen LogP contribution in [0.4, 0.5) is 0 Å². The van der Waals surface area contributed by atoms with Crippen molar-refractivity contribution >= 4 is 34.4 Å². The third kappa shape index (κ3) is 3.01. The quantitative estimate of drug-likeness (QED) is 0.554. The molecular weight excluding hydrogens is 352 g/mol. The minimum Gasteiger partial charge on any atom is -0.282 e. The molecule has 2 aromatic heterocycles. The second-order valence-electron chi connectivity index (χ2n) is 4.40. The largest absolute Gasteiger partial charge is 0.282 e. The monoisotopic (exact) mass is 362 g/mol. The zero-order chi connectivity index (χ0) is 14.8. The highest BCUT2D eigenvalue weighted by Gasteiger charge is 2.10. The summed E-state index contributed by atoms with van der Waals surface area (Å²) in [4.78, 5) is 0. The van der Waals surface area contributed by atoms with Gasteiger partial charge in [-0.3, -0.25) is 5.10 Å². The van der Waals surface area contributed by atoms with E-state index < -0.39 is 0 Å². The van der Waals surface area contributed by atoms with Crippen molar-refractivity contribution in [2.24, 2.45) is 5.10 Å². The molecule has 0 amide bonds. The van der Waals surface area contributed by atoms with E-state index in [1.165, 1.54) is 0 Å². The fourth-order valence-corrected chi connectivity index (χ4v) is 2.40. The van der Waals surface area contributed by atoms with Gasteiger partial charge in [0.1, 0.15) is 5.69 Å². The summed E-state index contributed by atoms with van der Waals surface area (Å²) in [5, 5.41) is 18.3. The first kappa shape index (κ1) is 13.9. The van der Waals surface area contributed by atoms with E-state index in [1.54, 1.807) is 10.9 Å². The van der Waals surface area contributed by atoms with Crippen LogP contribution in [0.5, 0.6) is 0 Å². The summed E-state index contributed by atoms with van der Waals surface area (Å²) in [6.45, 7) is 1.92. The number of nitrogens with one attached hydrogen (secondary N) is 2. The average Bonchev–Trinajstić information content (AvgIpc) is 3.03. The van der Waals surface area contributed by atoms with Gasteiger partial charge in [0.2, 0.25) is 10.6 Å². The Kier molecular flexibility index (Phi) is 3.80. The third-order valence-corrected chi connectivity index (χ3v) is 3.51. The van der Waals surface area contributed by atoms with Crippen molar-refractivity contribution in [3.63, 3.8) is 0 Å². The number of hydrogen-bond acceptors (Lipinski definition) is 4. The van der Waals surface area contributed by atoms with Crippen molar-refractivity contribution in [2.45, 2.75) is 6.92 Å². The van der Waals surface area contributed by atoms with Crippen molar-refractivity contribution in [3.8, 4) is 11.5 Å². The summed E-state index contributed by atoms with van der Waals surface area (Å²) >= 11 is 8.63. The molecule has 0 aliphatic heterocycles. The number of rotatable bonds is 3. The van der Waals surface area contributed by atoms with Gasteiger partial charge in [0.25, 0.3) is 0 Å². The standard InChI is InChI=1S/C13H11BrN6S/c1-8-5-11(17-16-8)12-18-19-13(21)20(12)15-7-9-3-2-4-10(14)6-9/h2-7H,1H3,(H,16,17)(H,19,21). The molecule has 0 fully saturated rings. The van der Waals surface area contributed by atoms with E-state index in [-0.39, 0.29) is 0 Å². The molecule has 0 aliphatic carbocycles. The average molecular weight is 363 g/mol. The number of H-pyrrole nitrogens is 2. The van der Waals surface area contributed by atoms with Crippen LogP contribution >= 0.6 is 28.1 Å². The molecule has 0 atom stereocenters. The van der Waals surface area contributed by atoms with Crippen LogP contribution in [0, 0.1) is 11.7 Å². The van der Waals surface area contributed by atoms with Crippen LogP contribution in [0.1, 0.15) is 11.3 Å². The highest BCUT2D eigenvalue weighted by atomic mass is 79.9. The molecule has 0 unspecified atom stereocenters. The zero-order valence-electron chi connectivity index (χ0n) is 11.0. The maximum absolute atomic E-state index is 5.20. The minimum atomic E-state index is 0.414. The topological polar surface area (TPSA) is 74.7 Å². The molecule has 8 heteroatoms. The molecule has 2 N–H and O–H groups in total. The van der Waals surface area contributed by atoms with E-state index in [0.29, 0.717) is 16.3 Å². The Balaban J connectivity index is 1.99. The van der Waals surface area contributed by atoms with Gasteiger partial charge in [-0.2, -0.15) is 20.0 Å². The number of nitrogens with zero attached hydrogens (tertiary/aromatic N) is 4. The van der Waals surface area contributed by atoms with E-state index >= 15 is 0 Å². The van der Waals surface area contributed by atoms with Crippen LogP contribution < -0.4 is 0 Å². The zero-order valence-corrected chi connectivity index (χ0v) is 13.4. The molecule has 0 saturated heterocycles. The maximum atomic E-state index is 5.20. The lowest BCUT2D eigenvalue weighted by Gasteiger charge is -1.97. The van der Waals surface area contributed by atoms with Crippen molar-refractivity contribution in [3.05, 3.63) is 50.8 Å². The lowest BCUT2D eigenvalue weighted by Crippen LogP contribution is -1.95. The lowest BCUT2D eigenvalue weighted by atomic mass is 10.2. The van der Waals surface area contributed by atoms with Crippen LogP contribution in [-0.4, -0.2) is 31.3 Å². The van der Waals surface area contributed by atoms with Crippen LogP contribution in [-0.2, 0) is 0 Å². The number of halogens is 1. The first-order valence-electron chi connectivity index (χ1n) is 6.13. The van der Waals surface area contributed by atoms with Gasteiger partial charge >= 0.3 is 0 Å². The van der Waals surface area contributed by atoms with Gasteiger partial charge in [0.05, 0.1) is 6.21 Å². The molecule has 1 aromatic carbocycles. The third-order valence-electron chi connectivity index (χ3n) is 2.76. The number of aromatic nitrogens is 5. The Bertz CT molecular complexity index is 859. The summed E-state index contributed by atoms with van der Waals surface area (Å²) in [6.07, 6.45) is 1.72. The highest BCUT2D eigenvalue weighted by molar-refractivity contribution is 9.10. The molecule has 0 radical (unpaired) electrons. The molecular formula is C13H11BrN6S. The van der Waals surface area contributed by atoms with E-state index in [1.807, 2.05) is 37.3 Å². The molecule has 3 aromatic rings. The van der Waals surface area contributed by atoms with Gasteiger partial charge in [0, 0.05) is 10.2 Å². The van der Waals surface area contributed by atoms with Gasteiger partial charge in [0.15, 0.2) is 0 Å². The summed E-state index contributed by atoms with van der Waals surface area (Å²) < 4.78 is 2.95. The van der Waals surface area contributed by atoms with Crippen LogP contribution in [0.15, 0.2) is 39.9 Å². The van der Waals surface area contributed by atoms with Crippen molar-refractivity contribution in [1.29, 1.82) is 0 Å². The van der Waals surface area contributed by atoms with Gasteiger partial charge in [-0.15, -0.1) is 0 Å². The molecule has 0 spiro atoms. The van der Waals surface area contributed by atoms with Crippen LogP contribution in [0.3, 0.4) is 0 Å². The Morgan fingerprint density at radius 1 is 1.29 bits per heavy atom. The molecule has 0 saturated carbocycles. The highest BCUT2D eigenvalue weighted by Crippen LogP contribution is 2.15. The predicted molar refractivity (Wildman–Crippen MR) is 86.9 cm³/mol. The number of aryl methyl sites for hydroxylation is 1. The predicted octanol–water partition coefficient (Wildman–Crippen LogP) is 3.28. The molecule has 106 valence electrons. The summed E-state index contributed by atoms with van der Waals surface area (Å²) in [7, 11) is 0. The second kappa shape index (κ2) is 5.74. The number of aromatic amines is 2. The SMILES string of the molecule is Cc1cc(-c2n[nH]c(=S)n2N=Cc2cccc(Br)c2)n[nH]1. The second-order valence-corrected chi connectivity index (χ2v) is 5.70. The smallest absolute Gasteiger partial charge is 0.216 e.